The maximum absolute atomic E-state index is 14.9. The lowest BCUT2D eigenvalue weighted by molar-refractivity contribution is -0.116. The lowest BCUT2D eigenvalue weighted by Crippen LogP contribution is -2.33. The van der Waals surface area contributed by atoms with Crippen LogP contribution in [-0.4, -0.2) is 30.7 Å². The Morgan fingerprint density at radius 2 is 1.80 bits per heavy atom. The van der Waals surface area contributed by atoms with E-state index in [0.717, 1.165) is 10.4 Å². The Hall–Kier alpha value is -3.10. The van der Waals surface area contributed by atoms with Crippen LogP contribution >= 0.6 is 0 Å². The molecule has 1 unspecified atom stereocenters. The number of hydrogen-bond donors (Lipinski definition) is 1. The van der Waals surface area contributed by atoms with Crippen LogP contribution in [0.4, 0.5) is 10.1 Å². The molecule has 1 amide bonds. The summed E-state index contributed by atoms with van der Waals surface area (Å²) in [5.74, 6) is -1.12. The van der Waals surface area contributed by atoms with Gasteiger partial charge in [0.1, 0.15) is 10.7 Å². The van der Waals surface area contributed by atoms with E-state index in [4.69, 9.17) is 0 Å². The Labute approximate surface area is 174 Å². The molecule has 0 saturated heterocycles. The number of nitrogens with zero attached hydrogens (tertiary/aromatic N) is 2. The fourth-order valence-corrected chi connectivity index (χ4v) is 5.03. The Morgan fingerprint density at radius 1 is 1.07 bits per heavy atom. The number of fused-ring (bicyclic) bond motifs is 1. The molecule has 6 nitrogen and oxygen atoms in total. The largest absolute Gasteiger partial charge is 0.326 e. The zero-order valence-electron chi connectivity index (χ0n) is 16.2. The number of hydrogen-bond acceptors (Lipinski definition) is 4. The van der Waals surface area contributed by atoms with E-state index in [1.54, 1.807) is 24.4 Å². The summed E-state index contributed by atoms with van der Waals surface area (Å²) < 4.78 is 42.9. The molecule has 3 aromatic rings. The Balaban J connectivity index is 1.80. The number of benzene rings is 2. The van der Waals surface area contributed by atoms with Crippen molar-refractivity contribution in [2.24, 2.45) is 0 Å². The molecular weight excluding hydrogens is 405 g/mol. The average Bonchev–Trinajstić information content (AvgIpc) is 2.74. The van der Waals surface area contributed by atoms with Crippen molar-refractivity contribution in [3.8, 4) is 0 Å². The number of sulfonamides is 1. The van der Waals surface area contributed by atoms with E-state index in [2.05, 4.69) is 10.3 Å². The highest BCUT2D eigenvalue weighted by Crippen LogP contribution is 2.34. The van der Waals surface area contributed by atoms with E-state index < -0.39 is 26.8 Å². The number of halogens is 1. The molecule has 4 rings (SSSR count). The zero-order chi connectivity index (χ0) is 21.3. The summed E-state index contributed by atoms with van der Waals surface area (Å²) >= 11 is 0. The molecule has 1 aliphatic rings. The number of amides is 1. The van der Waals surface area contributed by atoms with Crippen LogP contribution in [0.2, 0.25) is 0 Å². The van der Waals surface area contributed by atoms with Crippen molar-refractivity contribution in [1.82, 2.24) is 9.29 Å². The maximum atomic E-state index is 14.9. The molecule has 1 aromatic heterocycles. The monoisotopic (exact) mass is 425 g/mol. The van der Waals surface area contributed by atoms with Gasteiger partial charge in [-0.1, -0.05) is 36.4 Å². The van der Waals surface area contributed by atoms with Crippen molar-refractivity contribution in [3.05, 3.63) is 89.5 Å². The minimum Gasteiger partial charge on any atom is -0.326 e. The first-order valence-corrected chi connectivity index (χ1v) is 10.9. The molecule has 30 heavy (non-hydrogen) atoms. The van der Waals surface area contributed by atoms with Crippen LogP contribution in [0.25, 0.3) is 0 Å². The summed E-state index contributed by atoms with van der Waals surface area (Å²) in [6.07, 6.45) is 2.18. The molecule has 1 aliphatic heterocycles. The van der Waals surface area contributed by atoms with Crippen LogP contribution < -0.4 is 5.32 Å². The Morgan fingerprint density at radius 3 is 2.50 bits per heavy atom. The van der Waals surface area contributed by atoms with Gasteiger partial charge in [-0.3, -0.25) is 9.78 Å². The van der Waals surface area contributed by atoms with Gasteiger partial charge in [-0.05, 0) is 41.8 Å². The minimum absolute atomic E-state index is 0.214. The summed E-state index contributed by atoms with van der Waals surface area (Å²) in [5.41, 5.74) is 2.15. The van der Waals surface area contributed by atoms with Gasteiger partial charge in [0.15, 0.2) is 0 Å². The lowest BCUT2D eigenvalue weighted by Gasteiger charge is -2.28. The number of anilines is 1. The van der Waals surface area contributed by atoms with Crippen LogP contribution in [0.15, 0.2) is 71.8 Å². The number of nitrogens with one attached hydrogen (secondary N) is 1. The molecule has 8 heteroatoms. The van der Waals surface area contributed by atoms with E-state index >= 15 is 0 Å². The fourth-order valence-electron chi connectivity index (χ4n) is 3.61. The molecule has 0 saturated carbocycles. The van der Waals surface area contributed by atoms with E-state index in [-0.39, 0.29) is 12.3 Å². The van der Waals surface area contributed by atoms with E-state index in [1.807, 2.05) is 30.3 Å². The SMILES string of the molecule is CN(C(c1ccccc1)c1ccccn1)S(=O)(=O)c1cc2c(cc1F)NC(=O)CC2. The molecule has 0 fully saturated rings. The highest BCUT2D eigenvalue weighted by atomic mass is 32.2. The highest BCUT2D eigenvalue weighted by molar-refractivity contribution is 7.89. The highest BCUT2D eigenvalue weighted by Gasteiger charge is 2.34. The summed E-state index contributed by atoms with van der Waals surface area (Å²) in [7, 11) is -2.79. The minimum atomic E-state index is -4.21. The van der Waals surface area contributed by atoms with Gasteiger partial charge in [-0.2, -0.15) is 4.31 Å². The van der Waals surface area contributed by atoms with Crippen LogP contribution in [-0.2, 0) is 21.2 Å². The van der Waals surface area contributed by atoms with E-state index in [1.165, 1.54) is 13.1 Å². The number of carbonyl (C=O) groups is 1. The molecule has 154 valence electrons. The van der Waals surface area contributed by atoms with Crippen LogP contribution in [0, 0.1) is 5.82 Å². The molecule has 0 spiro atoms. The van der Waals surface area contributed by atoms with Crippen molar-refractivity contribution in [3.63, 3.8) is 0 Å². The molecule has 2 aromatic carbocycles. The predicted octanol–water partition coefficient (Wildman–Crippen LogP) is 3.52. The van der Waals surface area contributed by atoms with E-state index in [9.17, 15) is 17.6 Å². The first kappa shape index (κ1) is 20.2. The third-order valence-corrected chi connectivity index (χ3v) is 6.99. The van der Waals surface area contributed by atoms with Crippen LogP contribution in [0.1, 0.15) is 29.3 Å². The maximum Gasteiger partial charge on any atom is 0.246 e. The summed E-state index contributed by atoms with van der Waals surface area (Å²) in [6.45, 7) is 0. The normalized spacial score (nSPS) is 14.8. The lowest BCUT2D eigenvalue weighted by atomic mass is 10.0. The first-order valence-electron chi connectivity index (χ1n) is 9.44. The second kappa shape index (κ2) is 7.97. The second-order valence-corrected chi connectivity index (χ2v) is 9.04. The number of carbonyl (C=O) groups excluding carboxylic acids is 1. The topological polar surface area (TPSA) is 79.4 Å². The van der Waals surface area contributed by atoms with Crippen LogP contribution in [0.3, 0.4) is 0 Å². The third kappa shape index (κ3) is 3.71. The van der Waals surface area contributed by atoms with Gasteiger partial charge in [0.05, 0.1) is 11.7 Å². The number of rotatable bonds is 5. The van der Waals surface area contributed by atoms with Gasteiger partial charge < -0.3 is 5.32 Å². The fraction of sp³-hybridized carbons (Fsp3) is 0.182. The van der Waals surface area contributed by atoms with Gasteiger partial charge in [-0.25, -0.2) is 12.8 Å². The molecule has 0 radical (unpaired) electrons. The average molecular weight is 425 g/mol. The molecule has 1 atom stereocenters. The van der Waals surface area contributed by atoms with Gasteiger partial charge in [0, 0.05) is 25.4 Å². The summed E-state index contributed by atoms with van der Waals surface area (Å²) in [6, 6.07) is 16.0. The van der Waals surface area contributed by atoms with Crippen molar-refractivity contribution in [2.75, 3.05) is 12.4 Å². The summed E-state index contributed by atoms with van der Waals surface area (Å²) in [5, 5.41) is 2.59. The van der Waals surface area contributed by atoms with Crippen molar-refractivity contribution in [1.29, 1.82) is 0 Å². The summed E-state index contributed by atoms with van der Waals surface area (Å²) in [4.78, 5) is 15.5. The quantitative estimate of drug-likeness (QED) is 0.678. The van der Waals surface area contributed by atoms with Crippen LogP contribution in [0.5, 0.6) is 0 Å². The Kier molecular flexibility index (Phi) is 5.36. The third-order valence-electron chi connectivity index (χ3n) is 5.16. The molecule has 1 N–H and O–H groups in total. The molecule has 0 aliphatic carbocycles. The van der Waals surface area contributed by atoms with Crippen molar-refractivity contribution >= 4 is 21.6 Å². The van der Waals surface area contributed by atoms with Gasteiger partial charge in [0.25, 0.3) is 0 Å². The van der Waals surface area contributed by atoms with Crippen molar-refractivity contribution < 1.29 is 17.6 Å². The molecule has 0 bridgehead atoms. The van der Waals surface area contributed by atoms with Gasteiger partial charge in [-0.15, -0.1) is 0 Å². The predicted molar refractivity (Wildman–Crippen MR) is 111 cm³/mol. The number of aryl methyl sites for hydroxylation is 1. The standard InChI is InChI=1S/C22H20FN3O3S/c1-26(22(15-7-3-2-4-8-15)18-9-5-6-12-24-18)30(28,29)20-13-16-10-11-21(27)25-19(16)14-17(20)23/h2-9,12-14,22H,10-11H2,1H3,(H,25,27). The van der Waals surface area contributed by atoms with Gasteiger partial charge >= 0.3 is 0 Å². The first-order chi connectivity index (χ1) is 14.4. The number of pyridine rings is 1. The number of aromatic nitrogens is 1. The van der Waals surface area contributed by atoms with Crippen molar-refractivity contribution in [2.45, 2.75) is 23.8 Å². The Bertz CT molecular complexity index is 1150. The molecular formula is C22H20FN3O3S. The second-order valence-electron chi connectivity index (χ2n) is 7.08. The molecule has 2 heterocycles. The van der Waals surface area contributed by atoms with E-state index in [0.29, 0.717) is 28.9 Å². The zero-order valence-corrected chi connectivity index (χ0v) is 17.1. The smallest absolute Gasteiger partial charge is 0.246 e. The van der Waals surface area contributed by atoms with Gasteiger partial charge in [0.2, 0.25) is 15.9 Å².